The maximum Gasteiger partial charge on any atom is 0.255 e. The largest absolute Gasteiger partial charge is 0.376 e. The molecular formula is C21H18N4O2S. The van der Waals surface area contributed by atoms with Crippen molar-refractivity contribution in [1.29, 1.82) is 0 Å². The van der Waals surface area contributed by atoms with E-state index < -0.39 is 0 Å². The van der Waals surface area contributed by atoms with E-state index in [2.05, 4.69) is 16.0 Å². The van der Waals surface area contributed by atoms with Gasteiger partial charge in [-0.15, -0.1) is 0 Å². The molecule has 0 saturated heterocycles. The average Bonchev–Trinajstić information content (AvgIpc) is 2.68. The third-order valence-corrected chi connectivity index (χ3v) is 3.89. The Balaban J connectivity index is 1.89. The van der Waals surface area contributed by atoms with Crippen LogP contribution in [0.1, 0.15) is 20.7 Å². The van der Waals surface area contributed by atoms with Crippen LogP contribution >= 0.6 is 12.2 Å². The van der Waals surface area contributed by atoms with Crippen molar-refractivity contribution in [3.8, 4) is 0 Å². The lowest BCUT2D eigenvalue weighted by Crippen LogP contribution is -2.21. The predicted octanol–water partition coefficient (Wildman–Crippen LogP) is 3.85. The number of carbonyl (C=O) groups excluding carboxylic acids is 2. The zero-order valence-corrected chi connectivity index (χ0v) is 15.6. The van der Waals surface area contributed by atoms with Crippen LogP contribution < -0.4 is 21.7 Å². The predicted molar refractivity (Wildman–Crippen MR) is 116 cm³/mol. The van der Waals surface area contributed by atoms with E-state index in [1.807, 2.05) is 36.4 Å². The lowest BCUT2D eigenvalue weighted by Gasteiger charge is -2.12. The van der Waals surface area contributed by atoms with Crippen molar-refractivity contribution in [2.24, 2.45) is 5.73 Å². The number of nitrogens with one attached hydrogen (secondary N) is 3. The number of carbonyl (C=O) groups is 2. The maximum absolute atomic E-state index is 12.7. The summed E-state index contributed by atoms with van der Waals surface area (Å²) in [6.07, 6.45) is 0. The molecule has 2 amide bonds. The molecule has 0 saturated carbocycles. The number of hydrogen-bond donors (Lipinski definition) is 4. The minimum atomic E-state index is -0.355. The van der Waals surface area contributed by atoms with Crippen molar-refractivity contribution in [3.05, 3.63) is 90.0 Å². The van der Waals surface area contributed by atoms with Gasteiger partial charge in [-0.2, -0.15) is 0 Å². The van der Waals surface area contributed by atoms with E-state index in [1.54, 1.807) is 36.4 Å². The second-order valence-corrected chi connectivity index (χ2v) is 6.37. The summed E-state index contributed by atoms with van der Waals surface area (Å²) in [4.78, 5) is 25.3. The molecule has 0 atom stereocenters. The van der Waals surface area contributed by atoms with Gasteiger partial charge >= 0.3 is 0 Å². The number of thiocarbonyl (C=S) groups is 1. The van der Waals surface area contributed by atoms with E-state index in [0.717, 1.165) is 0 Å². The smallest absolute Gasteiger partial charge is 0.255 e. The molecule has 0 radical (unpaired) electrons. The van der Waals surface area contributed by atoms with Crippen LogP contribution in [0.3, 0.4) is 0 Å². The summed E-state index contributed by atoms with van der Waals surface area (Å²) in [5.41, 5.74) is 7.88. The molecule has 7 heteroatoms. The fourth-order valence-corrected chi connectivity index (χ4v) is 2.67. The first-order valence-corrected chi connectivity index (χ1v) is 8.86. The topological polar surface area (TPSA) is 96.2 Å². The normalized spacial score (nSPS) is 10.0. The molecule has 0 unspecified atom stereocenters. The number of nitrogens with two attached hydrogens (primary N) is 1. The molecule has 0 aromatic heterocycles. The van der Waals surface area contributed by atoms with Gasteiger partial charge in [-0.25, -0.2) is 0 Å². The summed E-state index contributed by atoms with van der Waals surface area (Å²) < 4.78 is 0. The van der Waals surface area contributed by atoms with Crippen LogP contribution in [0.15, 0.2) is 78.9 Å². The van der Waals surface area contributed by atoms with Crippen LogP contribution in [0, 0.1) is 0 Å². The Morgan fingerprint density at radius 2 is 1.07 bits per heavy atom. The Morgan fingerprint density at radius 1 is 0.643 bits per heavy atom. The minimum absolute atomic E-state index is 0.0371. The van der Waals surface area contributed by atoms with Crippen molar-refractivity contribution in [2.75, 3.05) is 16.0 Å². The lowest BCUT2D eigenvalue weighted by molar-refractivity contribution is 0.102. The summed E-state index contributed by atoms with van der Waals surface area (Å²) in [5, 5.41) is 8.39. The summed E-state index contributed by atoms with van der Waals surface area (Å²) in [5.74, 6) is -0.710. The van der Waals surface area contributed by atoms with Gasteiger partial charge in [-0.3, -0.25) is 9.59 Å². The zero-order chi connectivity index (χ0) is 19.9. The van der Waals surface area contributed by atoms with Crippen LogP contribution in [0.5, 0.6) is 0 Å². The molecule has 0 aliphatic carbocycles. The fraction of sp³-hybridized carbons (Fsp3) is 0. The Labute approximate surface area is 167 Å². The van der Waals surface area contributed by atoms with Crippen LogP contribution in [0.25, 0.3) is 0 Å². The van der Waals surface area contributed by atoms with Gasteiger partial charge in [0.1, 0.15) is 0 Å². The van der Waals surface area contributed by atoms with Crippen LogP contribution in [-0.2, 0) is 0 Å². The van der Waals surface area contributed by atoms with E-state index in [4.69, 9.17) is 18.0 Å². The Kier molecular flexibility index (Phi) is 5.98. The van der Waals surface area contributed by atoms with Gasteiger partial charge in [0.25, 0.3) is 11.8 Å². The molecule has 5 N–H and O–H groups in total. The first kappa shape index (κ1) is 19.1. The van der Waals surface area contributed by atoms with Gasteiger partial charge < -0.3 is 21.7 Å². The fourth-order valence-electron chi connectivity index (χ4n) is 2.55. The Hall–Kier alpha value is -3.71. The highest BCUT2D eigenvalue weighted by molar-refractivity contribution is 7.80. The van der Waals surface area contributed by atoms with E-state index in [9.17, 15) is 9.59 Å². The van der Waals surface area contributed by atoms with Crippen molar-refractivity contribution in [1.82, 2.24) is 0 Å². The molecule has 0 aliphatic heterocycles. The van der Waals surface area contributed by atoms with Crippen LogP contribution in [-0.4, -0.2) is 16.9 Å². The molecule has 6 nitrogen and oxygen atoms in total. The highest BCUT2D eigenvalue weighted by Gasteiger charge is 2.14. The van der Waals surface area contributed by atoms with Gasteiger partial charge in [-0.05, 0) is 54.7 Å². The molecular weight excluding hydrogens is 372 g/mol. The van der Waals surface area contributed by atoms with Gasteiger partial charge in [0.15, 0.2) is 5.11 Å². The summed E-state index contributed by atoms with van der Waals surface area (Å²) >= 11 is 4.87. The standard InChI is InChI=1S/C21H18N4O2S/c22-21(28)25-18-12-14(19(26)23-16-7-3-1-4-8-16)11-15(13-18)20(27)24-17-9-5-2-6-10-17/h1-13H,(H,23,26)(H,24,27)(H3,22,25,28). The van der Waals surface area contributed by atoms with E-state index >= 15 is 0 Å². The van der Waals surface area contributed by atoms with Gasteiger partial charge in [0, 0.05) is 28.2 Å². The minimum Gasteiger partial charge on any atom is -0.376 e. The molecule has 0 fully saturated rings. The highest BCUT2D eigenvalue weighted by atomic mass is 32.1. The third-order valence-electron chi connectivity index (χ3n) is 3.79. The quantitative estimate of drug-likeness (QED) is 0.496. The Morgan fingerprint density at radius 3 is 1.46 bits per heavy atom. The van der Waals surface area contributed by atoms with E-state index in [1.165, 1.54) is 6.07 Å². The number of hydrogen-bond acceptors (Lipinski definition) is 3. The molecule has 0 heterocycles. The second-order valence-electron chi connectivity index (χ2n) is 5.93. The summed E-state index contributed by atoms with van der Waals surface area (Å²) in [6, 6.07) is 22.8. The van der Waals surface area contributed by atoms with Gasteiger partial charge in [0.2, 0.25) is 0 Å². The lowest BCUT2D eigenvalue weighted by atomic mass is 10.1. The second kappa shape index (κ2) is 8.79. The Bertz CT molecular complexity index is 936. The molecule has 0 bridgehead atoms. The van der Waals surface area contributed by atoms with Crippen molar-refractivity contribution in [3.63, 3.8) is 0 Å². The van der Waals surface area contributed by atoms with E-state index in [-0.39, 0.29) is 16.9 Å². The first-order chi connectivity index (χ1) is 13.5. The molecule has 3 aromatic carbocycles. The van der Waals surface area contributed by atoms with Gasteiger partial charge in [0.05, 0.1) is 0 Å². The highest BCUT2D eigenvalue weighted by Crippen LogP contribution is 2.18. The third kappa shape index (κ3) is 5.15. The van der Waals surface area contributed by atoms with Crippen molar-refractivity contribution >= 4 is 46.2 Å². The number of benzene rings is 3. The van der Waals surface area contributed by atoms with Crippen LogP contribution in [0.2, 0.25) is 0 Å². The molecule has 0 aliphatic rings. The molecule has 3 rings (SSSR count). The number of amides is 2. The molecule has 28 heavy (non-hydrogen) atoms. The number of rotatable bonds is 5. The van der Waals surface area contributed by atoms with Crippen molar-refractivity contribution < 1.29 is 9.59 Å². The molecule has 3 aromatic rings. The van der Waals surface area contributed by atoms with Crippen molar-refractivity contribution in [2.45, 2.75) is 0 Å². The first-order valence-electron chi connectivity index (χ1n) is 8.45. The van der Waals surface area contributed by atoms with Gasteiger partial charge in [-0.1, -0.05) is 36.4 Å². The average molecular weight is 390 g/mol. The van der Waals surface area contributed by atoms with E-state index in [0.29, 0.717) is 28.2 Å². The maximum atomic E-state index is 12.7. The SMILES string of the molecule is NC(=S)Nc1cc(C(=O)Nc2ccccc2)cc(C(=O)Nc2ccccc2)c1. The van der Waals surface area contributed by atoms with Crippen LogP contribution in [0.4, 0.5) is 17.1 Å². The summed E-state index contributed by atoms with van der Waals surface area (Å²) in [7, 11) is 0. The number of anilines is 3. The molecule has 0 spiro atoms. The molecule has 140 valence electrons. The summed E-state index contributed by atoms with van der Waals surface area (Å²) in [6.45, 7) is 0. The monoisotopic (exact) mass is 390 g/mol. The number of para-hydroxylation sites is 2. The zero-order valence-electron chi connectivity index (χ0n) is 14.8.